The van der Waals surface area contributed by atoms with Crippen LogP contribution in [0.15, 0.2) is 0 Å². The number of hydrogen-bond donors (Lipinski definition) is 1. The van der Waals surface area contributed by atoms with Gasteiger partial charge in [0.15, 0.2) is 0 Å². The van der Waals surface area contributed by atoms with Gasteiger partial charge in [-0.3, -0.25) is 4.79 Å². The molecule has 0 spiro atoms. The standard InChI is InChI=1S/C10H20N2O2/c1-10(2,3)12(4)9(13)8-7-14-6-5-11-8/h8,11H,5-7H2,1-4H3. The molecule has 0 saturated carbocycles. The fourth-order valence-electron chi connectivity index (χ4n) is 1.29. The summed E-state index contributed by atoms with van der Waals surface area (Å²) < 4.78 is 5.26. The fraction of sp³-hybridized carbons (Fsp3) is 0.900. The molecule has 1 saturated heterocycles. The number of ether oxygens (including phenoxy) is 1. The van der Waals surface area contributed by atoms with Crippen LogP contribution in [0.1, 0.15) is 20.8 Å². The zero-order valence-corrected chi connectivity index (χ0v) is 9.46. The minimum absolute atomic E-state index is 0.109. The van der Waals surface area contributed by atoms with E-state index in [9.17, 15) is 4.79 Å². The number of morpholine rings is 1. The maximum atomic E-state index is 11.9. The third-order valence-electron chi connectivity index (χ3n) is 2.56. The number of nitrogens with one attached hydrogen (secondary N) is 1. The third-order valence-corrected chi connectivity index (χ3v) is 2.56. The molecule has 1 rings (SSSR count). The molecule has 1 atom stereocenters. The summed E-state index contributed by atoms with van der Waals surface area (Å²) in [5, 5.41) is 3.16. The van der Waals surface area contributed by atoms with E-state index in [1.54, 1.807) is 4.90 Å². The minimum Gasteiger partial charge on any atom is -0.378 e. The fourth-order valence-corrected chi connectivity index (χ4v) is 1.29. The summed E-state index contributed by atoms with van der Waals surface area (Å²) in [6, 6.07) is -0.173. The highest BCUT2D eigenvalue weighted by Crippen LogP contribution is 2.12. The van der Waals surface area contributed by atoms with Crippen LogP contribution in [0.25, 0.3) is 0 Å². The smallest absolute Gasteiger partial charge is 0.242 e. The number of rotatable bonds is 1. The molecule has 4 heteroatoms. The van der Waals surface area contributed by atoms with Gasteiger partial charge in [0, 0.05) is 19.1 Å². The van der Waals surface area contributed by atoms with Crippen LogP contribution >= 0.6 is 0 Å². The molecule has 1 fully saturated rings. The SMILES string of the molecule is CN(C(=O)C1COCCN1)C(C)(C)C. The molecule has 1 aliphatic rings. The van der Waals surface area contributed by atoms with E-state index in [-0.39, 0.29) is 17.5 Å². The van der Waals surface area contributed by atoms with Crippen molar-refractivity contribution in [2.24, 2.45) is 0 Å². The van der Waals surface area contributed by atoms with Gasteiger partial charge in [-0.25, -0.2) is 0 Å². The monoisotopic (exact) mass is 200 g/mol. The van der Waals surface area contributed by atoms with Crippen LogP contribution < -0.4 is 5.32 Å². The summed E-state index contributed by atoms with van der Waals surface area (Å²) >= 11 is 0. The van der Waals surface area contributed by atoms with Crippen LogP contribution in [-0.4, -0.2) is 49.2 Å². The van der Waals surface area contributed by atoms with E-state index < -0.39 is 0 Å². The van der Waals surface area contributed by atoms with Gasteiger partial charge >= 0.3 is 0 Å². The van der Waals surface area contributed by atoms with E-state index in [1.165, 1.54) is 0 Å². The summed E-state index contributed by atoms with van der Waals surface area (Å²) in [5.41, 5.74) is -0.129. The van der Waals surface area contributed by atoms with E-state index in [1.807, 2.05) is 27.8 Å². The average molecular weight is 200 g/mol. The van der Waals surface area contributed by atoms with Gasteiger partial charge in [-0.15, -0.1) is 0 Å². The Balaban J connectivity index is 2.55. The topological polar surface area (TPSA) is 41.6 Å². The third kappa shape index (κ3) is 2.69. The van der Waals surface area contributed by atoms with Gasteiger partial charge in [-0.1, -0.05) is 0 Å². The molecule has 0 bridgehead atoms. The molecule has 0 aliphatic carbocycles. The largest absolute Gasteiger partial charge is 0.378 e. The lowest BCUT2D eigenvalue weighted by molar-refractivity contribution is -0.139. The first-order valence-corrected chi connectivity index (χ1v) is 5.02. The van der Waals surface area contributed by atoms with Gasteiger partial charge in [0.25, 0.3) is 0 Å². The number of nitrogens with zero attached hydrogens (tertiary/aromatic N) is 1. The van der Waals surface area contributed by atoms with Crippen molar-refractivity contribution in [1.29, 1.82) is 0 Å². The first-order chi connectivity index (χ1) is 6.43. The van der Waals surface area contributed by atoms with E-state index in [0.29, 0.717) is 13.2 Å². The van der Waals surface area contributed by atoms with Crippen molar-refractivity contribution in [3.05, 3.63) is 0 Å². The molecule has 0 radical (unpaired) electrons. The Morgan fingerprint density at radius 2 is 2.14 bits per heavy atom. The zero-order valence-electron chi connectivity index (χ0n) is 9.46. The quantitative estimate of drug-likeness (QED) is 0.659. The van der Waals surface area contributed by atoms with Gasteiger partial charge in [0.1, 0.15) is 6.04 Å². The molecule has 0 aromatic rings. The van der Waals surface area contributed by atoms with Crippen LogP contribution in [0, 0.1) is 0 Å². The van der Waals surface area contributed by atoms with Crippen molar-refractivity contribution < 1.29 is 9.53 Å². The highest BCUT2D eigenvalue weighted by molar-refractivity contribution is 5.82. The second-order valence-corrected chi connectivity index (χ2v) is 4.65. The van der Waals surface area contributed by atoms with Crippen molar-refractivity contribution >= 4 is 5.91 Å². The molecule has 1 aliphatic heterocycles. The van der Waals surface area contributed by atoms with Gasteiger partial charge in [-0.05, 0) is 20.8 Å². The highest BCUT2D eigenvalue weighted by Gasteiger charge is 2.29. The lowest BCUT2D eigenvalue weighted by atomic mass is 10.1. The van der Waals surface area contributed by atoms with Gasteiger partial charge in [0.2, 0.25) is 5.91 Å². The predicted molar refractivity (Wildman–Crippen MR) is 55.1 cm³/mol. The second-order valence-electron chi connectivity index (χ2n) is 4.65. The summed E-state index contributed by atoms with van der Waals surface area (Å²) in [7, 11) is 1.83. The first kappa shape index (κ1) is 11.5. The van der Waals surface area contributed by atoms with Gasteiger partial charge < -0.3 is 15.0 Å². The molecule has 1 amide bonds. The maximum absolute atomic E-state index is 11.9. The predicted octanol–water partition coefficient (Wildman–Crippen LogP) is 0.232. The van der Waals surface area contributed by atoms with Crippen molar-refractivity contribution in [3.8, 4) is 0 Å². The van der Waals surface area contributed by atoms with Crippen molar-refractivity contribution in [2.75, 3.05) is 26.8 Å². The van der Waals surface area contributed by atoms with Crippen LogP contribution in [0.4, 0.5) is 0 Å². The van der Waals surface area contributed by atoms with Crippen LogP contribution in [0.5, 0.6) is 0 Å². The molecule has 0 aromatic heterocycles. The van der Waals surface area contributed by atoms with E-state index in [2.05, 4.69) is 5.32 Å². The van der Waals surface area contributed by atoms with Gasteiger partial charge in [-0.2, -0.15) is 0 Å². The van der Waals surface area contributed by atoms with E-state index >= 15 is 0 Å². The average Bonchev–Trinajstić information content (AvgIpc) is 2.15. The van der Waals surface area contributed by atoms with Crippen LogP contribution in [0.3, 0.4) is 0 Å². The lowest BCUT2D eigenvalue weighted by Crippen LogP contribution is -2.55. The number of hydrogen-bond acceptors (Lipinski definition) is 3. The molecular weight excluding hydrogens is 180 g/mol. The molecule has 1 unspecified atom stereocenters. The molecule has 1 heterocycles. The molecule has 82 valence electrons. The van der Waals surface area contributed by atoms with Crippen LogP contribution in [0.2, 0.25) is 0 Å². The summed E-state index contributed by atoms with van der Waals surface area (Å²) in [4.78, 5) is 13.7. The van der Waals surface area contributed by atoms with Crippen molar-refractivity contribution in [3.63, 3.8) is 0 Å². The number of amides is 1. The number of likely N-dealkylation sites (N-methyl/N-ethyl adjacent to an activating group) is 1. The van der Waals surface area contributed by atoms with Crippen LogP contribution in [-0.2, 0) is 9.53 Å². The Hall–Kier alpha value is -0.610. The zero-order chi connectivity index (χ0) is 10.8. The molecule has 1 N–H and O–H groups in total. The summed E-state index contributed by atoms with van der Waals surface area (Å²) in [6.07, 6.45) is 0. The Morgan fingerprint density at radius 1 is 1.50 bits per heavy atom. The maximum Gasteiger partial charge on any atom is 0.242 e. The van der Waals surface area contributed by atoms with Gasteiger partial charge in [0.05, 0.1) is 13.2 Å². The number of carbonyl (C=O) groups is 1. The first-order valence-electron chi connectivity index (χ1n) is 5.02. The highest BCUT2D eigenvalue weighted by atomic mass is 16.5. The second kappa shape index (κ2) is 4.28. The molecule has 4 nitrogen and oxygen atoms in total. The lowest BCUT2D eigenvalue weighted by Gasteiger charge is -2.36. The minimum atomic E-state index is -0.173. The summed E-state index contributed by atoms with van der Waals surface area (Å²) in [5.74, 6) is 0.109. The van der Waals surface area contributed by atoms with Crippen molar-refractivity contribution in [2.45, 2.75) is 32.4 Å². The molecule has 14 heavy (non-hydrogen) atoms. The normalized spacial score (nSPS) is 23.3. The van der Waals surface area contributed by atoms with E-state index in [0.717, 1.165) is 6.54 Å². The molecular formula is C10H20N2O2. The Bertz CT molecular complexity index is 205. The molecule has 0 aromatic carbocycles. The Kier molecular flexibility index (Phi) is 3.50. The summed E-state index contributed by atoms with van der Waals surface area (Å²) in [6.45, 7) is 8.01. The van der Waals surface area contributed by atoms with E-state index in [4.69, 9.17) is 4.74 Å². The number of carbonyl (C=O) groups excluding carboxylic acids is 1. The Morgan fingerprint density at radius 3 is 2.57 bits per heavy atom. The Labute approximate surface area is 85.6 Å². The van der Waals surface area contributed by atoms with Crippen molar-refractivity contribution in [1.82, 2.24) is 10.2 Å².